The summed E-state index contributed by atoms with van der Waals surface area (Å²) in [5.41, 5.74) is 3.30. The van der Waals surface area contributed by atoms with Gasteiger partial charge in [0.05, 0.1) is 7.11 Å². The van der Waals surface area contributed by atoms with E-state index < -0.39 is 6.16 Å². The van der Waals surface area contributed by atoms with E-state index in [1.54, 1.807) is 0 Å². The van der Waals surface area contributed by atoms with Gasteiger partial charge in [0.15, 0.2) is 0 Å². The highest BCUT2D eigenvalue weighted by atomic mass is 16.7. The number of rotatable bonds is 2. The average molecular weight is 194 g/mol. The van der Waals surface area contributed by atoms with Gasteiger partial charge < -0.3 is 9.47 Å². The van der Waals surface area contributed by atoms with Crippen molar-refractivity contribution in [3.05, 3.63) is 34.9 Å². The van der Waals surface area contributed by atoms with Gasteiger partial charge in [-0.05, 0) is 19.4 Å². The molecular formula is C11H14O3. The first-order valence-electron chi connectivity index (χ1n) is 4.39. The van der Waals surface area contributed by atoms with Gasteiger partial charge in [-0.15, -0.1) is 0 Å². The topological polar surface area (TPSA) is 35.5 Å². The number of benzene rings is 1. The van der Waals surface area contributed by atoms with Crippen molar-refractivity contribution in [1.82, 2.24) is 0 Å². The molecule has 0 N–H and O–H groups in total. The molecule has 0 saturated heterocycles. The number of aryl methyl sites for hydroxylation is 2. The van der Waals surface area contributed by atoms with Gasteiger partial charge in [-0.2, -0.15) is 0 Å². The van der Waals surface area contributed by atoms with Crippen LogP contribution in [0.1, 0.15) is 16.7 Å². The van der Waals surface area contributed by atoms with Crippen LogP contribution in [0.5, 0.6) is 0 Å². The van der Waals surface area contributed by atoms with Crippen molar-refractivity contribution in [3.63, 3.8) is 0 Å². The van der Waals surface area contributed by atoms with Gasteiger partial charge in [0.25, 0.3) is 0 Å². The summed E-state index contributed by atoms with van der Waals surface area (Å²) in [6.07, 6.45) is -0.649. The Morgan fingerprint density at radius 2 is 1.79 bits per heavy atom. The third kappa shape index (κ3) is 3.09. The Kier molecular flexibility index (Phi) is 3.51. The first kappa shape index (κ1) is 10.6. The maximum absolute atomic E-state index is 10.7. The van der Waals surface area contributed by atoms with Crippen molar-refractivity contribution >= 4 is 6.16 Å². The minimum Gasteiger partial charge on any atom is -0.438 e. The molecule has 0 heterocycles. The van der Waals surface area contributed by atoms with Crippen LogP contribution < -0.4 is 0 Å². The number of carbonyl (C=O) groups is 1. The zero-order valence-electron chi connectivity index (χ0n) is 8.66. The molecule has 1 aromatic carbocycles. The van der Waals surface area contributed by atoms with Crippen LogP contribution in [0.2, 0.25) is 0 Å². The van der Waals surface area contributed by atoms with Crippen molar-refractivity contribution in [2.45, 2.75) is 20.5 Å². The molecule has 0 bridgehead atoms. The Labute approximate surface area is 83.6 Å². The summed E-state index contributed by atoms with van der Waals surface area (Å²) in [6, 6.07) is 6.04. The van der Waals surface area contributed by atoms with E-state index in [2.05, 4.69) is 10.8 Å². The van der Waals surface area contributed by atoms with Crippen LogP contribution >= 0.6 is 0 Å². The van der Waals surface area contributed by atoms with Crippen molar-refractivity contribution in [2.24, 2.45) is 0 Å². The van der Waals surface area contributed by atoms with Crippen LogP contribution in [0.25, 0.3) is 0 Å². The molecule has 0 aliphatic carbocycles. The van der Waals surface area contributed by atoms with Crippen LogP contribution in [0, 0.1) is 13.8 Å². The van der Waals surface area contributed by atoms with Crippen LogP contribution in [0.4, 0.5) is 4.79 Å². The molecule has 0 aliphatic heterocycles. The number of hydrogen-bond acceptors (Lipinski definition) is 3. The van der Waals surface area contributed by atoms with E-state index in [1.165, 1.54) is 7.11 Å². The SMILES string of the molecule is COC(=O)OCc1cc(C)cc(C)c1. The second-order valence-corrected chi connectivity index (χ2v) is 3.24. The van der Waals surface area contributed by atoms with Crippen LogP contribution in [0.15, 0.2) is 18.2 Å². The maximum atomic E-state index is 10.7. The fraction of sp³-hybridized carbons (Fsp3) is 0.364. The first-order chi connectivity index (χ1) is 6.61. The van der Waals surface area contributed by atoms with E-state index in [1.807, 2.05) is 26.0 Å². The Balaban J connectivity index is 2.63. The molecule has 3 heteroatoms. The van der Waals surface area contributed by atoms with Crippen molar-refractivity contribution in [1.29, 1.82) is 0 Å². The fourth-order valence-electron chi connectivity index (χ4n) is 1.35. The molecule has 0 saturated carbocycles. The first-order valence-corrected chi connectivity index (χ1v) is 4.39. The highest BCUT2D eigenvalue weighted by molar-refractivity contribution is 5.59. The Morgan fingerprint density at radius 1 is 1.21 bits per heavy atom. The summed E-state index contributed by atoms with van der Waals surface area (Å²) in [5, 5.41) is 0. The van der Waals surface area contributed by atoms with Crippen molar-refractivity contribution in [2.75, 3.05) is 7.11 Å². The third-order valence-electron chi connectivity index (χ3n) is 1.80. The second-order valence-electron chi connectivity index (χ2n) is 3.24. The van der Waals surface area contributed by atoms with Gasteiger partial charge in [0.1, 0.15) is 6.61 Å². The van der Waals surface area contributed by atoms with E-state index in [9.17, 15) is 4.79 Å². The molecule has 0 spiro atoms. The molecular weight excluding hydrogens is 180 g/mol. The highest BCUT2D eigenvalue weighted by Gasteiger charge is 2.01. The Hall–Kier alpha value is -1.51. The largest absolute Gasteiger partial charge is 0.508 e. The van der Waals surface area contributed by atoms with E-state index in [0.717, 1.165) is 16.7 Å². The summed E-state index contributed by atoms with van der Waals surface area (Å²) in [6.45, 7) is 4.28. The van der Waals surface area contributed by atoms with Gasteiger partial charge in [0, 0.05) is 0 Å². The van der Waals surface area contributed by atoms with Crippen molar-refractivity contribution in [3.8, 4) is 0 Å². The van der Waals surface area contributed by atoms with Gasteiger partial charge in [-0.3, -0.25) is 0 Å². The summed E-state index contributed by atoms with van der Waals surface area (Å²) in [4.78, 5) is 10.7. The molecule has 3 nitrogen and oxygen atoms in total. The molecule has 0 amide bonds. The normalized spacial score (nSPS) is 9.64. The highest BCUT2D eigenvalue weighted by Crippen LogP contribution is 2.09. The number of hydrogen-bond donors (Lipinski definition) is 0. The summed E-state index contributed by atoms with van der Waals surface area (Å²) in [7, 11) is 1.30. The minimum atomic E-state index is -0.649. The summed E-state index contributed by atoms with van der Waals surface area (Å²) < 4.78 is 9.20. The molecule has 0 aliphatic rings. The average Bonchev–Trinajstić information content (AvgIpc) is 2.12. The van der Waals surface area contributed by atoms with Gasteiger partial charge in [-0.25, -0.2) is 4.79 Å². The van der Waals surface area contributed by atoms with E-state index in [0.29, 0.717) is 0 Å². The monoisotopic (exact) mass is 194 g/mol. The standard InChI is InChI=1S/C11H14O3/c1-8-4-9(2)6-10(5-8)7-14-11(12)13-3/h4-6H,7H2,1-3H3. The predicted octanol–water partition coefficient (Wildman–Crippen LogP) is 2.59. The fourth-order valence-corrected chi connectivity index (χ4v) is 1.35. The number of carbonyl (C=O) groups excluding carboxylic acids is 1. The lowest BCUT2D eigenvalue weighted by Gasteiger charge is -2.05. The van der Waals surface area contributed by atoms with E-state index in [-0.39, 0.29) is 6.61 Å². The van der Waals surface area contributed by atoms with Crippen molar-refractivity contribution < 1.29 is 14.3 Å². The lowest BCUT2D eigenvalue weighted by molar-refractivity contribution is 0.0669. The molecule has 1 rings (SSSR count). The van der Waals surface area contributed by atoms with Gasteiger partial charge >= 0.3 is 6.16 Å². The summed E-state index contributed by atoms with van der Waals surface area (Å²) in [5.74, 6) is 0. The predicted molar refractivity (Wildman–Crippen MR) is 53.1 cm³/mol. The quantitative estimate of drug-likeness (QED) is 0.679. The maximum Gasteiger partial charge on any atom is 0.508 e. The van der Waals surface area contributed by atoms with Gasteiger partial charge in [-0.1, -0.05) is 29.3 Å². The molecule has 0 fully saturated rings. The zero-order chi connectivity index (χ0) is 10.6. The summed E-state index contributed by atoms with van der Waals surface area (Å²) >= 11 is 0. The number of methoxy groups -OCH3 is 1. The molecule has 76 valence electrons. The lowest BCUT2D eigenvalue weighted by atomic mass is 10.1. The number of ether oxygens (including phenoxy) is 2. The van der Waals surface area contributed by atoms with Crippen LogP contribution in [0.3, 0.4) is 0 Å². The lowest BCUT2D eigenvalue weighted by Crippen LogP contribution is -2.04. The molecule has 14 heavy (non-hydrogen) atoms. The molecule has 0 atom stereocenters. The molecule has 0 radical (unpaired) electrons. The molecule has 1 aromatic rings. The Morgan fingerprint density at radius 3 is 2.29 bits per heavy atom. The van der Waals surface area contributed by atoms with E-state index in [4.69, 9.17) is 4.74 Å². The Bertz CT molecular complexity index is 311. The van der Waals surface area contributed by atoms with Crippen LogP contribution in [-0.4, -0.2) is 13.3 Å². The van der Waals surface area contributed by atoms with Crippen LogP contribution in [-0.2, 0) is 16.1 Å². The molecule has 0 unspecified atom stereocenters. The van der Waals surface area contributed by atoms with E-state index >= 15 is 0 Å². The second kappa shape index (κ2) is 4.65. The minimum absolute atomic E-state index is 0.259. The molecule has 0 aromatic heterocycles. The smallest absolute Gasteiger partial charge is 0.438 e. The zero-order valence-corrected chi connectivity index (χ0v) is 8.66. The van der Waals surface area contributed by atoms with Gasteiger partial charge in [0.2, 0.25) is 0 Å². The third-order valence-corrected chi connectivity index (χ3v) is 1.80.